The number of aromatic nitrogens is 2. The fraction of sp³-hybridized carbons (Fsp3) is 0.364. The first kappa shape index (κ1) is 23.7. The van der Waals surface area contributed by atoms with Crippen LogP contribution in [0.2, 0.25) is 0 Å². The highest BCUT2D eigenvalue weighted by molar-refractivity contribution is 7.89. The smallest absolute Gasteiger partial charge is 0.300 e. The quantitative estimate of drug-likeness (QED) is 0.599. The van der Waals surface area contributed by atoms with E-state index in [1.165, 1.54) is 4.31 Å². The molecule has 1 fully saturated rings. The first-order chi connectivity index (χ1) is 15.1. The molecule has 0 radical (unpaired) electrons. The van der Waals surface area contributed by atoms with Gasteiger partial charge in [-0.05, 0) is 29.0 Å². The van der Waals surface area contributed by atoms with Gasteiger partial charge >= 0.3 is 0 Å². The summed E-state index contributed by atoms with van der Waals surface area (Å²) in [5, 5.41) is 19.0. The number of benzene rings is 2. The van der Waals surface area contributed by atoms with Gasteiger partial charge in [0.05, 0.1) is 25.0 Å². The lowest BCUT2D eigenvalue weighted by molar-refractivity contribution is -0.134. The van der Waals surface area contributed by atoms with Crippen LogP contribution in [-0.2, 0) is 19.6 Å². The zero-order valence-electron chi connectivity index (χ0n) is 18.2. The van der Waals surface area contributed by atoms with Crippen LogP contribution in [0.3, 0.4) is 0 Å². The second kappa shape index (κ2) is 9.68. The van der Waals surface area contributed by atoms with E-state index in [1.807, 2.05) is 35.0 Å². The van der Waals surface area contributed by atoms with Crippen molar-refractivity contribution < 1.29 is 28.2 Å². The maximum absolute atomic E-state index is 12.4. The van der Waals surface area contributed by atoms with Crippen LogP contribution in [0.15, 0.2) is 48.8 Å². The van der Waals surface area contributed by atoms with E-state index < -0.39 is 16.0 Å². The molecule has 0 aliphatic carbocycles. The van der Waals surface area contributed by atoms with Crippen molar-refractivity contribution in [3.63, 3.8) is 0 Å². The van der Waals surface area contributed by atoms with Crippen LogP contribution in [0.1, 0.15) is 13.0 Å². The summed E-state index contributed by atoms with van der Waals surface area (Å²) in [7, 11) is -0.218. The molecular formula is C22H27N3O6S. The van der Waals surface area contributed by atoms with Crippen LogP contribution in [0.5, 0.6) is 5.75 Å². The van der Waals surface area contributed by atoms with Gasteiger partial charge in [-0.25, -0.2) is 17.7 Å². The summed E-state index contributed by atoms with van der Waals surface area (Å²) < 4.78 is 33.6. The van der Waals surface area contributed by atoms with E-state index >= 15 is 0 Å². The van der Waals surface area contributed by atoms with Crippen molar-refractivity contribution in [2.24, 2.45) is 5.92 Å². The standard InChI is InChI=1S/C20H23N3O4S.C2H4O2/c1-22(2)28(25,26)13-17-11-27-12-19(17)23-8-7-21-20(23)16-4-3-15-10-18(24)6-5-14(15)9-16;1-2(3)4/h3-10,17,19,24H,11-13H2,1-2H3;1H3,(H,3,4)/t17-,19+;/m0./s1. The highest BCUT2D eigenvalue weighted by atomic mass is 32.2. The summed E-state index contributed by atoms with van der Waals surface area (Å²) in [5.41, 5.74) is 0.935. The highest BCUT2D eigenvalue weighted by Gasteiger charge is 2.35. The third kappa shape index (κ3) is 5.45. The summed E-state index contributed by atoms with van der Waals surface area (Å²) in [6.07, 6.45) is 3.61. The molecular weight excluding hydrogens is 434 g/mol. The third-order valence-electron chi connectivity index (χ3n) is 5.25. The molecule has 1 aliphatic heterocycles. The maximum atomic E-state index is 12.4. The first-order valence-corrected chi connectivity index (χ1v) is 11.6. The molecule has 0 unspecified atom stereocenters. The number of carboxylic acids is 1. The van der Waals surface area contributed by atoms with Gasteiger partial charge in [0.2, 0.25) is 10.0 Å². The van der Waals surface area contributed by atoms with Gasteiger partial charge in [0.1, 0.15) is 11.6 Å². The SMILES string of the molecule is CC(=O)O.CN(C)S(=O)(=O)C[C@@H]1COC[C@H]1n1ccnc1-c1ccc2cc(O)ccc2c1. The van der Waals surface area contributed by atoms with E-state index in [0.717, 1.165) is 29.1 Å². The summed E-state index contributed by atoms with van der Waals surface area (Å²) in [6.45, 7) is 1.95. The lowest BCUT2D eigenvalue weighted by atomic mass is 10.0. The van der Waals surface area contributed by atoms with Crippen LogP contribution in [0.25, 0.3) is 22.2 Å². The van der Waals surface area contributed by atoms with Crippen molar-refractivity contribution in [2.45, 2.75) is 13.0 Å². The van der Waals surface area contributed by atoms with Gasteiger partial charge in [-0.2, -0.15) is 0 Å². The lowest BCUT2D eigenvalue weighted by Crippen LogP contribution is -2.32. The van der Waals surface area contributed by atoms with Crippen molar-refractivity contribution in [1.29, 1.82) is 0 Å². The Bertz CT molecular complexity index is 1200. The van der Waals surface area contributed by atoms with Crippen molar-refractivity contribution >= 4 is 26.8 Å². The number of phenolic OH excluding ortho intramolecular Hbond substituents is 1. The van der Waals surface area contributed by atoms with E-state index in [9.17, 15) is 13.5 Å². The molecule has 3 aromatic rings. The molecule has 2 atom stereocenters. The van der Waals surface area contributed by atoms with Crippen LogP contribution in [-0.4, -0.2) is 71.5 Å². The molecule has 0 amide bonds. The van der Waals surface area contributed by atoms with Gasteiger partial charge in [-0.15, -0.1) is 0 Å². The van der Waals surface area contributed by atoms with Gasteiger partial charge in [0, 0.05) is 44.9 Å². The Kier molecular flexibility index (Phi) is 7.17. The van der Waals surface area contributed by atoms with E-state index in [-0.39, 0.29) is 23.5 Å². The normalized spacial score (nSPS) is 18.5. The zero-order chi connectivity index (χ0) is 23.5. The Morgan fingerprint density at radius 2 is 1.84 bits per heavy atom. The number of aromatic hydroxyl groups is 1. The van der Waals surface area contributed by atoms with E-state index in [0.29, 0.717) is 13.2 Å². The zero-order valence-corrected chi connectivity index (χ0v) is 19.0. The van der Waals surface area contributed by atoms with Gasteiger partial charge < -0.3 is 19.5 Å². The second-order valence-corrected chi connectivity index (χ2v) is 10.1. The first-order valence-electron chi connectivity index (χ1n) is 10.0. The number of carbonyl (C=O) groups is 1. The molecule has 2 heterocycles. The number of imidazole rings is 1. The molecule has 1 saturated heterocycles. The van der Waals surface area contributed by atoms with Crippen molar-refractivity contribution in [1.82, 2.24) is 13.9 Å². The Hall–Kier alpha value is -2.95. The number of aliphatic carboxylic acids is 1. The molecule has 4 rings (SSSR count). The topological polar surface area (TPSA) is 122 Å². The molecule has 1 aliphatic rings. The lowest BCUT2D eigenvalue weighted by Gasteiger charge is -2.22. The van der Waals surface area contributed by atoms with Crippen LogP contribution in [0.4, 0.5) is 0 Å². The van der Waals surface area contributed by atoms with Gasteiger partial charge in [-0.3, -0.25) is 4.79 Å². The number of sulfonamides is 1. The molecule has 2 aromatic carbocycles. The van der Waals surface area contributed by atoms with E-state index in [1.54, 1.807) is 32.4 Å². The van der Waals surface area contributed by atoms with Crippen LogP contribution in [0, 0.1) is 5.92 Å². The number of hydrogen-bond acceptors (Lipinski definition) is 6. The summed E-state index contributed by atoms with van der Waals surface area (Å²) >= 11 is 0. The highest BCUT2D eigenvalue weighted by Crippen LogP contribution is 2.33. The number of phenols is 1. The van der Waals surface area contributed by atoms with Gasteiger partial charge in [0.25, 0.3) is 5.97 Å². The predicted molar refractivity (Wildman–Crippen MR) is 121 cm³/mol. The summed E-state index contributed by atoms with van der Waals surface area (Å²) in [6, 6.07) is 11.1. The maximum Gasteiger partial charge on any atom is 0.300 e. The molecule has 9 nitrogen and oxygen atoms in total. The predicted octanol–water partition coefficient (Wildman–Crippen LogP) is 2.58. The Balaban J connectivity index is 0.000000668. The summed E-state index contributed by atoms with van der Waals surface area (Å²) in [5.74, 6) is 0.0736. The van der Waals surface area contributed by atoms with Gasteiger partial charge in [0.15, 0.2) is 0 Å². The van der Waals surface area contributed by atoms with Crippen molar-refractivity contribution in [3.8, 4) is 17.1 Å². The Morgan fingerprint density at radius 3 is 2.53 bits per heavy atom. The number of rotatable bonds is 5. The van der Waals surface area contributed by atoms with Crippen molar-refractivity contribution in [2.75, 3.05) is 33.1 Å². The minimum atomic E-state index is -3.32. The number of hydrogen-bond donors (Lipinski definition) is 2. The Labute approximate surface area is 186 Å². The summed E-state index contributed by atoms with van der Waals surface area (Å²) in [4.78, 5) is 13.5. The second-order valence-electron chi connectivity index (χ2n) is 7.85. The van der Waals surface area contributed by atoms with Gasteiger partial charge in [-0.1, -0.05) is 18.2 Å². The van der Waals surface area contributed by atoms with Crippen LogP contribution >= 0.6 is 0 Å². The molecule has 0 spiro atoms. The minimum Gasteiger partial charge on any atom is -0.508 e. The van der Waals surface area contributed by atoms with Crippen molar-refractivity contribution in [3.05, 3.63) is 48.8 Å². The fourth-order valence-corrected chi connectivity index (χ4v) is 4.81. The van der Waals surface area contributed by atoms with Crippen LogP contribution < -0.4 is 0 Å². The minimum absolute atomic E-state index is 0.0410. The number of fused-ring (bicyclic) bond motifs is 1. The largest absolute Gasteiger partial charge is 0.508 e. The number of nitrogens with zero attached hydrogens (tertiary/aromatic N) is 3. The molecule has 2 N–H and O–H groups in total. The monoisotopic (exact) mass is 461 g/mol. The Morgan fingerprint density at radius 1 is 1.19 bits per heavy atom. The molecule has 10 heteroatoms. The molecule has 172 valence electrons. The molecule has 0 saturated carbocycles. The average molecular weight is 462 g/mol. The number of ether oxygens (including phenoxy) is 1. The molecule has 1 aromatic heterocycles. The molecule has 0 bridgehead atoms. The third-order valence-corrected chi connectivity index (χ3v) is 7.22. The number of carboxylic acid groups (broad SMARTS) is 1. The average Bonchev–Trinajstić information content (AvgIpc) is 3.35. The van der Waals surface area contributed by atoms with E-state index in [4.69, 9.17) is 14.6 Å². The fourth-order valence-electron chi connectivity index (χ4n) is 3.65. The van der Waals surface area contributed by atoms with E-state index in [2.05, 4.69) is 4.98 Å². The molecule has 32 heavy (non-hydrogen) atoms.